The minimum absolute atomic E-state index is 0.198. The largest absolute Gasteiger partial charge is 0.383 e. The van der Waals surface area contributed by atoms with E-state index < -0.39 is 5.92 Å². The molecule has 0 saturated carbocycles. The van der Waals surface area contributed by atoms with Crippen LogP contribution in [-0.4, -0.2) is 38.1 Å². The molecule has 17 heavy (non-hydrogen) atoms. The molecule has 1 amide bonds. The Balaban J connectivity index is 2.75. The fourth-order valence-corrected chi connectivity index (χ4v) is 1.48. The predicted octanol–water partition coefficient (Wildman–Crippen LogP) is 1.40. The van der Waals surface area contributed by atoms with Gasteiger partial charge in [-0.15, -0.1) is 0 Å². The molecule has 0 spiro atoms. The summed E-state index contributed by atoms with van der Waals surface area (Å²) in [7, 11) is 3.26. The molecule has 1 unspecified atom stereocenters. The zero-order valence-corrected chi connectivity index (χ0v) is 10.1. The van der Waals surface area contributed by atoms with Gasteiger partial charge in [0, 0.05) is 20.7 Å². The highest BCUT2D eigenvalue weighted by atomic mass is 16.5. The van der Waals surface area contributed by atoms with Crippen LogP contribution in [0.2, 0.25) is 0 Å². The second-order valence-corrected chi connectivity index (χ2v) is 3.73. The van der Waals surface area contributed by atoms with Crippen LogP contribution in [-0.2, 0) is 9.53 Å². The van der Waals surface area contributed by atoms with Crippen LogP contribution >= 0.6 is 0 Å². The lowest BCUT2D eigenvalue weighted by molar-refractivity contribution is -0.130. The summed E-state index contributed by atoms with van der Waals surface area (Å²) in [6.45, 7) is 0.954. The van der Waals surface area contributed by atoms with Gasteiger partial charge in [-0.1, -0.05) is 30.3 Å². The topological polar surface area (TPSA) is 53.3 Å². The molecule has 1 aromatic rings. The van der Waals surface area contributed by atoms with Crippen molar-refractivity contribution < 1.29 is 9.53 Å². The normalized spacial score (nSPS) is 11.6. The number of methoxy groups -OCH3 is 1. The number of likely N-dealkylation sites (N-methyl/N-ethyl adjacent to an activating group) is 1. The second-order valence-electron chi connectivity index (χ2n) is 3.73. The van der Waals surface area contributed by atoms with Crippen molar-refractivity contribution in [2.24, 2.45) is 0 Å². The highest BCUT2D eigenvalue weighted by molar-refractivity contribution is 5.86. The maximum Gasteiger partial charge on any atom is 0.244 e. The van der Waals surface area contributed by atoms with E-state index in [-0.39, 0.29) is 5.91 Å². The summed E-state index contributed by atoms with van der Waals surface area (Å²) in [6.07, 6.45) is 0. The number of rotatable bonds is 5. The SMILES string of the molecule is COCCN(C)C(=O)C(C#N)c1ccccc1. The van der Waals surface area contributed by atoms with Crippen LogP contribution in [0.4, 0.5) is 0 Å². The molecular weight excluding hydrogens is 216 g/mol. The monoisotopic (exact) mass is 232 g/mol. The zero-order valence-electron chi connectivity index (χ0n) is 10.1. The molecule has 1 atom stereocenters. The molecular formula is C13H16N2O2. The van der Waals surface area contributed by atoms with Crippen LogP contribution in [0.1, 0.15) is 11.5 Å². The lowest BCUT2D eigenvalue weighted by Gasteiger charge is -2.19. The molecule has 0 saturated heterocycles. The first kappa shape index (κ1) is 13.2. The number of carbonyl (C=O) groups is 1. The van der Waals surface area contributed by atoms with Crippen molar-refractivity contribution in [1.82, 2.24) is 4.90 Å². The van der Waals surface area contributed by atoms with Crippen molar-refractivity contribution in [2.75, 3.05) is 27.3 Å². The molecule has 1 aromatic carbocycles. The fourth-order valence-electron chi connectivity index (χ4n) is 1.48. The van der Waals surface area contributed by atoms with Crippen molar-refractivity contribution in [3.63, 3.8) is 0 Å². The van der Waals surface area contributed by atoms with Crippen molar-refractivity contribution in [3.8, 4) is 6.07 Å². The minimum Gasteiger partial charge on any atom is -0.383 e. The van der Waals surface area contributed by atoms with E-state index >= 15 is 0 Å². The summed E-state index contributed by atoms with van der Waals surface area (Å²) < 4.78 is 4.90. The van der Waals surface area contributed by atoms with Gasteiger partial charge in [0.2, 0.25) is 5.91 Å². The first-order chi connectivity index (χ1) is 8.20. The standard InChI is InChI=1S/C13H16N2O2/c1-15(8-9-17-2)13(16)12(10-14)11-6-4-3-5-7-11/h3-7,12H,8-9H2,1-2H3. The molecule has 4 heteroatoms. The van der Waals surface area contributed by atoms with Gasteiger partial charge in [-0.25, -0.2) is 0 Å². The van der Waals surface area contributed by atoms with E-state index in [1.807, 2.05) is 24.3 Å². The number of benzene rings is 1. The minimum atomic E-state index is -0.738. The van der Waals surface area contributed by atoms with Crippen molar-refractivity contribution in [3.05, 3.63) is 35.9 Å². The van der Waals surface area contributed by atoms with Gasteiger partial charge in [0.05, 0.1) is 12.7 Å². The fraction of sp³-hybridized carbons (Fsp3) is 0.385. The van der Waals surface area contributed by atoms with Gasteiger partial charge < -0.3 is 9.64 Å². The molecule has 0 N–H and O–H groups in total. The van der Waals surface area contributed by atoms with Crippen LogP contribution in [0.3, 0.4) is 0 Å². The lowest BCUT2D eigenvalue weighted by atomic mass is 9.99. The summed E-state index contributed by atoms with van der Waals surface area (Å²) in [4.78, 5) is 13.5. The quantitative estimate of drug-likeness (QED) is 0.771. The third-order valence-corrected chi connectivity index (χ3v) is 2.52. The van der Waals surface area contributed by atoms with Crippen molar-refractivity contribution >= 4 is 5.91 Å². The molecule has 0 aliphatic rings. The van der Waals surface area contributed by atoms with Crippen LogP contribution in [0.15, 0.2) is 30.3 Å². The van der Waals surface area contributed by atoms with Gasteiger partial charge in [-0.05, 0) is 5.56 Å². The third kappa shape index (κ3) is 3.58. The van der Waals surface area contributed by atoms with Gasteiger partial charge in [0.15, 0.2) is 0 Å². The number of carbonyl (C=O) groups excluding carboxylic acids is 1. The van der Waals surface area contributed by atoms with Crippen LogP contribution in [0.5, 0.6) is 0 Å². The highest BCUT2D eigenvalue weighted by Gasteiger charge is 2.22. The maximum absolute atomic E-state index is 12.0. The molecule has 0 radical (unpaired) electrons. The van der Waals surface area contributed by atoms with Gasteiger partial charge in [-0.3, -0.25) is 4.79 Å². The van der Waals surface area contributed by atoms with Crippen molar-refractivity contribution in [1.29, 1.82) is 5.26 Å². The van der Waals surface area contributed by atoms with E-state index in [0.29, 0.717) is 13.2 Å². The van der Waals surface area contributed by atoms with Gasteiger partial charge in [0.1, 0.15) is 5.92 Å². The summed E-state index contributed by atoms with van der Waals surface area (Å²) in [6, 6.07) is 11.1. The number of nitrogens with zero attached hydrogens (tertiary/aromatic N) is 2. The van der Waals surface area contributed by atoms with E-state index in [0.717, 1.165) is 5.56 Å². The molecule has 0 fully saturated rings. The zero-order chi connectivity index (χ0) is 12.7. The number of amides is 1. The average Bonchev–Trinajstić information content (AvgIpc) is 2.38. The van der Waals surface area contributed by atoms with Crippen LogP contribution < -0.4 is 0 Å². The number of hydrogen-bond acceptors (Lipinski definition) is 3. The molecule has 0 bridgehead atoms. The number of hydrogen-bond donors (Lipinski definition) is 0. The molecule has 90 valence electrons. The van der Waals surface area contributed by atoms with Crippen LogP contribution in [0.25, 0.3) is 0 Å². The summed E-state index contributed by atoms with van der Waals surface area (Å²) in [5.41, 5.74) is 0.726. The Labute approximate surface area is 101 Å². The van der Waals surface area contributed by atoms with Crippen molar-refractivity contribution in [2.45, 2.75) is 5.92 Å². The maximum atomic E-state index is 12.0. The van der Waals surface area contributed by atoms with Gasteiger partial charge >= 0.3 is 0 Å². The Morgan fingerprint density at radius 3 is 2.65 bits per heavy atom. The molecule has 4 nitrogen and oxygen atoms in total. The molecule has 0 aliphatic heterocycles. The molecule has 0 aliphatic carbocycles. The van der Waals surface area contributed by atoms with E-state index in [2.05, 4.69) is 0 Å². The van der Waals surface area contributed by atoms with Crippen LogP contribution in [0, 0.1) is 11.3 Å². The predicted molar refractivity (Wildman–Crippen MR) is 64.3 cm³/mol. The van der Waals surface area contributed by atoms with Gasteiger partial charge in [0.25, 0.3) is 0 Å². The Morgan fingerprint density at radius 2 is 2.12 bits per heavy atom. The first-order valence-electron chi connectivity index (χ1n) is 5.39. The third-order valence-electron chi connectivity index (χ3n) is 2.52. The summed E-state index contributed by atoms with van der Waals surface area (Å²) >= 11 is 0. The Morgan fingerprint density at radius 1 is 1.47 bits per heavy atom. The number of ether oxygens (including phenoxy) is 1. The first-order valence-corrected chi connectivity index (χ1v) is 5.39. The molecule has 1 rings (SSSR count). The van der Waals surface area contributed by atoms with E-state index in [1.165, 1.54) is 4.90 Å². The smallest absolute Gasteiger partial charge is 0.244 e. The lowest BCUT2D eigenvalue weighted by Crippen LogP contribution is -2.33. The Bertz CT molecular complexity index is 398. The second kappa shape index (κ2) is 6.66. The Hall–Kier alpha value is -1.86. The molecule has 0 aromatic heterocycles. The average molecular weight is 232 g/mol. The number of nitriles is 1. The Kier molecular flexibility index (Phi) is 5.18. The summed E-state index contributed by atoms with van der Waals surface area (Å²) in [5.74, 6) is -0.936. The van der Waals surface area contributed by atoms with E-state index in [4.69, 9.17) is 10.00 Å². The van der Waals surface area contributed by atoms with Gasteiger partial charge in [-0.2, -0.15) is 5.26 Å². The van der Waals surface area contributed by atoms with E-state index in [9.17, 15) is 4.79 Å². The summed E-state index contributed by atoms with van der Waals surface area (Å²) in [5, 5.41) is 9.10. The highest BCUT2D eigenvalue weighted by Crippen LogP contribution is 2.16. The molecule has 0 heterocycles. The van der Waals surface area contributed by atoms with E-state index in [1.54, 1.807) is 26.3 Å².